The highest BCUT2D eigenvalue weighted by molar-refractivity contribution is 5.36. The molecular formula is C7H10N4O. The fraction of sp³-hybridized carbons (Fsp3) is 0.429. The van der Waals surface area contributed by atoms with E-state index in [0.717, 1.165) is 6.42 Å². The normalized spacial score (nSPS) is 26.8. The summed E-state index contributed by atoms with van der Waals surface area (Å²) in [5.74, 6) is 0.594. The zero-order chi connectivity index (χ0) is 8.55. The molecule has 12 heavy (non-hydrogen) atoms. The average Bonchev–Trinajstić information content (AvgIpc) is 2.66. The summed E-state index contributed by atoms with van der Waals surface area (Å²) in [7, 11) is 0. The third-order valence-corrected chi connectivity index (χ3v) is 1.85. The maximum absolute atomic E-state index is 10.8. The van der Waals surface area contributed by atoms with Crippen LogP contribution in [0.5, 0.6) is 0 Å². The molecule has 1 aromatic heterocycles. The van der Waals surface area contributed by atoms with Gasteiger partial charge in [-0.25, -0.2) is 4.98 Å². The molecule has 0 radical (unpaired) electrons. The lowest BCUT2D eigenvalue weighted by Gasteiger charge is -2.00. The molecule has 1 fully saturated rings. The summed E-state index contributed by atoms with van der Waals surface area (Å²) in [6.45, 7) is 0. The van der Waals surface area contributed by atoms with E-state index in [2.05, 4.69) is 15.3 Å². The predicted molar refractivity (Wildman–Crippen MR) is 44.9 cm³/mol. The third kappa shape index (κ3) is 1.45. The summed E-state index contributed by atoms with van der Waals surface area (Å²) >= 11 is 0. The standard InChI is InChI=1S/C7H10N4O/c8-4-1-5(4)11-6-2-7(12)10-3-9-6/h2-5H,1,8H2,(H2,9,10,11,12). The van der Waals surface area contributed by atoms with Crippen LogP contribution in [0, 0.1) is 0 Å². The van der Waals surface area contributed by atoms with Gasteiger partial charge in [0.05, 0.1) is 6.33 Å². The maximum atomic E-state index is 10.8. The van der Waals surface area contributed by atoms with Crippen LogP contribution in [-0.4, -0.2) is 22.1 Å². The number of aromatic nitrogens is 2. The lowest BCUT2D eigenvalue weighted by Crippen LogP contribution is -2.16. The van der Waals surface area contributed by atoms with E-state index in [-0.39, 0.29) is 11.6 Å². The molecule has 64 valence electrons. The first-order valence-corrected chi connectivity index (χ1v) is 3.82. The first-order valence-electron chi connectivity index (χ1n) is 3.82. The van der Waals surface area contributed by atoms with Crippen molar-refractivity contribution >= 4 is 5.82 Å². The van der Waals surface area contributed by atoms with E-state index in [1.807, 2.05) is 0 Å². The fourth-order valence-corrected chi connectivity index (χ4v) is 1.02. The highest BCUT2D eigenvalue weighted by atomic mass is 16.1. The highest BCUT2D eigenvalue weighted by Crippen LogP contribution is 2.21. The molecule has 0 spiro atoms. The molecule has 0 bridgehead atoms. The minimum Gasteiger partial charge on any atom is -0.366 e. The summed E-state index contributed by atoms with van der Waals surface area (Å²) in [6.07, 6.45) is 2.33. The number of nitrogens with one attached hydrogen (secondary N) is 2. The van der Waals surface area contributed by atoms with Gasteiger partial charge in [0.15, 0.2) is 0 Å². The van der Waals surface area contributed by atoms with Crippen LogP contribution in [-0.2, 0) is 0 Å². The van der Waals surface area contributed by atoms with Gasteiger partial charge in [0.25, 0.3) is 5.56 Å². The smallest absolute Gasteiger partial charge is 0.252 e. The van der Waals surface area contributed by atoms with Gasteiger partial charge in [-0.2, -0.15) is 0 Å². The van der Waals surface area contributed by atoms with E-state index in [0.29, 0.717) is 11.9 Å². The fourth-order valence-electron chi connectivity index (χ4n) is 1.02. The zero-order valence-electron chi connectivity index (χ0n) is 6.45. The molecule has 0 amide bonds. The summed E-state index contributed by atoms with van der Waals surface area (Å²) in [4.78, 5) is 17.2. The number of rotatable bonds is 2. The van der Waals surface area contributed by atoms with Gasteiger partial charge >= 0.3 is 0 Å². The Balaban J connectivity index is 2.08. The van der Waals surface area contributed by atoms with Crippen molar-refractivity contribution in [3.05, 3.63) is 22.7 Å². The van der Waals surface area contributed by atoms with Crippen molar-refractivity contribution in [2.24, 2.45) is 5.73 Å². The molecule has 0 aliphatic heterocycles. The van der Waals surface area contributed by atoms with E-state index in [1.165, 1.54) is 12.4 Å². The van der Waals surface area contributed by atoms with Gasteiger partial charge in [0.1, 0.15) is 5.82 Å². The SMILES string of the molecule is NC1CC1Nc1cc(=O)[nH]cn1. The molecule has 2 unspecified atom stereocenters. The lowest BCUT2D eigenvalue weighted by molar-refractivity contribution is 0.987. The molecular weight excluding hydrogens is 156 g/mol. The largest absolute Gasteiger partial charge is 0.366 e. The second-order valence-electron chi connectivity index (χ2n) is 2.95. The average molecular weight is 166 g/mol. The second-order valence-corrected chi connectivity index (χ2v) is 2.95. The van der Waals surface area contributed by atoms with Crippen molar-refractivity contribution in [2.75, 3.05) is 5.32 Å². The van der Waals surface area contributed by atoms with Gasteiger partial charge in [-0.15, -0.1) is 0 Å². The van der Waals surface area contributed by atoms with Crippen LogP contribution in [0.3, 0.4) is 0 Å². The third-order valence-electron chi connectivity index (χ3n) is 1.85. The second kappa shape index (κ2) is 2.60. The molecule has 0 saturated heterocycles. The molecule has 1 aliphatic carbocycles. The number of nitrogens with zero attached hydrogens (tertiary/aromatic N) is 1. The van der Waals surface area contributed by atoms with Crippen molar-refractivity contribution in [3.8, 4) is 0 Å². The quantitative estimate of drug-likeness (QED) is 0.541. The van der Waals surface area contributed by atoms with Gasteiger partial charge < -0.3 is 16.0 Å². The van der Waals surface area contributed by atoms with Crippen molar-refractivity contribution in [1.82, 2.24) is 9.97 Å². The molecule has 1 aromatic rings. The maximum Gasteiger partial charge on any atom is 0.252 e. The molecule has 0 aromatic carbocycles. The molecule has 5 heteroatoms. The Morgan fingerprint density at radius 1 is 1.75 bits per heavy atom. The number of aromatic amines is 1. The molecule has 4 N–H and O–H groups in total. The van der Waals surface area contributed by atoms with E-state index < -0.39 is 0 Å². The number of hydrogen-bond donors (Lipinski definition) is 3. The number of H-pyrrole nitrogens is 1. The first-order chi connectivity index (χ1) is 5.75. The Labute approximate surface area is 69.0 Å². The molecule has 1 heterocycles. The summed E-state index contributed by atoms with van der Waals surface area (Å²) in [6, 6.07) is 1.93. The van der Waals surface area contributed by atoms with Crippen LogP contribution >= 0.6 is 0 Å². The Hall–Kier alpha value is -1.36. The van der Waals surface area contributed by atoms with Crippen LogP contribution in [0.1, 0.15) is 6.42 Å². The summed E-state index contributed by atoms with van der Waals surface area (Å²) in [5.41, 5.74) is 5.42. The molecule has 1 saturated carbocycles. The van der Waals surface area contributed by atoms with E-state index in [4.69, 9.17) is 5.73 Å². The van der Waals surface area contributed by atoms with Crippen molar-refractivity contribution < 1.29 is 0 Å². The van der Waals surface area contributed by atoms with Crippen LogP contribution in [0.4, 0.5) is 5.82 Å². The predicted octanol–water partition coefficient (Wildman–Crippen LogP) is -0.719. The minimum atomic E-state index is -0.151. The van der Waals surface area contributed by atoms with E-state index in [1.54, 1.807) is 0 Å². The van der Waals surface area contributed by atoms with E-state index in [9.17, 15) is 4.79 Å². The van der Waals surface area contributed by atoms with Crippen molar-refractivity contribution in [1.29, 1.82) is 0 Å². The molecule has 5 nitrogen and oxygen atoms in total. The van der Waals surface area contributed by atoms with Crippen LogP contribution in [0.25, 0.3) is 0 Å². The summed E-state index contributed by atoms with van der Waals surface area (Å²) < 4.78 is 0. The number of nitrogens with two attached hydrogens (primary N) is 1. The van der Waals surface area contributed by atoms with Gasteiger partial charge in [-0.1, -0.05) is 0 Å². The minimum absolute atomic E-state index is 0.151. The molecule has 1 aliphatic rings. The van der Waals surface area contributed by atoms with Crippen LogP contribution < -0.4 is 16.6 Å². The number of hydrogen-bond acceptors (Lipinski definition) is 4. The van der Waals surface area contributed by atoms with Gasteiger partial charge in [-0.3, -0.25) is 4.79 Å². The molecule has 2 rings (SSSR count). The van der Waals surface area contributed by atoms with Crippen LogP contribution in [0.15, 0.2) is 17.2 Å². The van der Waals surface area contributed by atoms with Crippen LogP contribution in [0.2, 0.25) is 0 Å². The number of anilines is 1. The Morgan fingerprint density at radius 3 is 3.08 bits per heavy atom. The first kappa shape index (κ1) is 7.30. The zero-order valence-corrected chi connectivity index (χ0v) is 6.45. The van der Waals surface area contributed by atoms with Gasteiger partial charge in [0.2, 0.25) is 0 Å². The van der Waals surface area contributed by atoms with Crippen molar-refractivity contribution in [3.63, 3.8) is 0 Å². The Kier molecular flexibility index (Phi) is 1.58. The monoisotopic (exact) mass is 166 g/mol. The van der Waals surface area contributed by atoms with Gasteiger partial charge in [0, 0.05) is 18.2 Å². The lowest BCUT2D eigenvalue weighted by atomic mass is 10.5. The van der Waals surface area contributed by atoms with E-state index >= 15 is 0 Å². The Bertz CT molecular complexity index is 334. The Morgan fingerprint density at radius 2 is 2.50 bits per heavy atom. The van der Waals surface area contributed by atoms with Crippen molar-refractivity contribution in [2.45, 2.75) is 18.5 Å². The topological polar surface area (TPSA) is 83.8 Å². The molecule has 2 atom stereocenters. The highest BCUT2D eigenvalue weighted by Gasteiger charge is 2.33. The van der Waals surface area contributed by atoms with Gasteiger partial charge in [-0.05, 0) is 6.42 Å². The summed E-state index contributed by atoms with van der Waals surface area (Å²) in [5, 5.41) is 3.05.